The monoisotopic (exact) mass is 274 g/mol. The number of rotatable bonds is 5. The maximum absolute atomic E-state index is 11.6. The summed E-state index contributed by atoms with van der Waals surface area (Å²) in [7, 11) is 0. The normalized spacial score (nSPS) is 10.6. The summed E-state index contributed by atoms with van der Waals surface area (Å²) in [6.07, 6.45) is 0.516. The van der Waals surface area contributed by atoms with Crippen molar-refractivity contribution in [2.24, 2.45) is 0 Å². The van der Waals surface area contributed by atoms with Gasteiger partial charge in [0.05, 0.1) is 0 Å². The summed E-state index contributed by atoms with van der Waals surface area (Å²) in [6, 6.07) is 9.02. The van der Waals surface area contributed by atoms with E-state index >= 15 is 0 Å². The predicted octanol–water partition coefficient (Wildman–Crippen LogP) is 2.56. The standard InChI is InChI=1S/C14H18N4O2/c1-10(2)13-18-17-12(20-13)8-9-15-14(19)16-11-6-4-3-5-7-11/h3-7,10H,8-9H2,1-2H3,(H2,15,16,19). The van der Waals surface area contributed by atoms with E-state index < -0.39 is 0 Å². The predicted molar refractivity (Wildman–Crippen MR) is 75.6 cm³/mol. The fourth-order valence-electron chi connectivity index (χ4n) is 1.58. The second kappa shape index (κ2) is 6.70. The molecule has 0 saturated carbocycles. The van der Waals surface area contributed by atoms with Crippen molar-refractivity contribution in [3.63, 3.8) is 0 Å². The number of aromatic nitrogens is 2. The lowest BCUT2D eigenvalue weighted by molar-refractivity contribution is 0.252. The van der Waals surface area contributed by atoms with Gasteiger partial charge in [-0.3, -0.25) is 0 Å². The van der Waals surface area contributed by atoms with Gasteiger partial charge in [-0.15, -0.1) is 10.2 Å². The van der Waals surface area contributed by atoms with E-state index in [4.69, 9.17) is 4.42 Å². The van der Waals surface area contributed by atoms with Crippen LogP contribution in [0.4, 0.5) is 10.5 Å². The number of benzene rings is 1. The minimum absolute atomic E-state index is 0.214. The van der Waals surface area contributed by atoms with E-state index in [0.29, 0.717) is 24.7 Å². The average molecular weight is 274 g/mol. The number of nitrogens with zero attached hydrogens (tertiary/aromatic N) is 2. The van der Waals surface area contributed by atoms with Crippen molar-refractivity contribution < 1.29 is 9.21 Å². The number of hydrogen-bond acceptors (Lipinski definition) is 4. The molecule has 2 aromatic rings. The molecule has 0 radical (unpaired) electrons. The number of carbonyl (C=O) groups excluding carboxylic acids is 1. The molecule has 2 N–H and O–H groups in total. The summed E-state index contributed by atoms with van der Waals surface area (Å²) in [5.74, 6) is 1.37. The van der Waals surface area contributed by atoms with Crippen molar-refractivity contribution in [1.82, 2.24) is 15.5 Å². The second-order valence-electron chi connectivity index (χ2n) is 4.69. The average Bonchev–Trinajstić information content (AvgIpc) is 2.89. The highest BCUT2D eigenvalue weighted by Gasteiger charge is 2.09. The van der Waals surface area contributed by atoms with Crippen molar-refractivity contribution in [3.05, 3.63) is 42.1 Å². The van der Waals surface area contributed by atoms with Gasteiger partial charge >= 0.3 is 6.03 Å². The van der Waals surface area contributed by atoms with Gasteiger partial charge in [-0.2, -0.15) is 0 Å². The molecule has 1 aromatic heterocycles. The minimum atomic E-state index is -0.250. The molecule has 0 fully saturated rings. The molecule has 0 unspecified atom stereocenters. The number of para-hydroxylation sites is 1. The summed E-state index contributed by atoms with van der Waals surface area (Å²) in [6.45, 7) is 4.42. The molecule has 0 saturated heterocycles. The molecule has 0 aliphatic carbocycles. The molecule has 20 heavy (non-hydrogen) atoms. The first-order valence-corrected chi connectivity index (χ1v) is 6.57. The number of carbonyl (C=O) groups is 1. The summed E-state index contributed by atoms with van der Waals surface area (Å²) in [4.78, 5) is 11.6. The lowest BCUT2D eigenvalue weighted by Crippen LogP contribution is -2.30. The van der Waals surface area contributed by atoms with Crippen LogP contribution in [0.25, 0.3) is 0 Å². The molecule has 1 aromatic carbocycles. The molecule has 0 spiro atoms. The van der Waals surface area contributed by atoms with Crippen LogP contribution in [-0.2, 0) is 6.42 Å². The van der Waals surface area contributed by atoms with E-state index in [0.717, 1.165) is 5.69 Å². The summed E-state index contributed by atoms with van der Waals surface area (Å²) >= 11 is 0. The number of hydrogen-bond donors (Lipinski definition) is 2. The summed E-state index contributed by atoms with van der Waals surface area (Å²) < 4.78 is 5.45. The van der Waals surface area contributed by atoms with Gasteiger partial charge in [0.25, 0.3) is 0 Å². The Balaban J connectivity index is 1.73. The Morgan fingerprint density at radius 1 is 1.25 bits per heavy atom. The molecular weight excluding hydrogens is 256 g/mol. The van der Waals surface area contributed by atoms with Crippen LogP contribution in [0.2, 0.25) is 0 Å². The number of anilines is 1. The van der Waals surface area contributed by atoms with Crippen LogP contribution in [0.5, 0.6) is 0 Å². The van der Waals surface area contributed by atoms with Crippen molar-refractivity contribution in [2.45, 2.75) is 26.2 Å². The lowest BCUT2D eigenvalue weighted by Gasteiger charge is -2.06. The first-order chi connectivity index (χ1) is 9.65. The highest BCUT2D eigenvalue weighted by Crippen LogP contribution is 2.11. The molecule has 0 aliphatic rings. The molecule has 2 amide bonds. The van der Waals surface area contributed by atoms with Crippen LogP contribution in [0.15, 0.2) is 34.7 Å². The second-order valence-corrected chi connectivity index (χ2v) is 4.69. The van der Waals surface area contributed by atoms with Crippen molar-refractivity contribution in [1.29, 1.82) is 0 Å². The van der Waals surface area contributed by atoms with E-state index in [2.05, 4.69) is 20.8 Å². The zero-order chi connectivity index (χ0) is 14.4. The minimum Gasteiger partial charge on any atom is -0.425 e. The van der Waals surface area contributed by atoms with E-state index in [9.17, 15) is 4.79 Å². The quantitative estimate of drug-likeness (QED) is 0.878. The first kappa shape index (κ1) is 14.0. The molecule has 106 valence electrons. The SMILES string of the molecule is CC(C)c1nnc(CCNC(=O)Nc2ccccc2)o1. The third-order valence-corrected chi connectivity index (χ3v) is 2.63. The first-order valence-electron chi connectivity index (χ1n) is 6.57. The Morgan fingerprint density at radius 2 is 2.00 bits per heavy atom. The molecule has 0 bridgehead atoms. The summed E-state index contributed by atoms with van der Waals surface area (Å²) in [5.41, 5.74) is 0.755. The Labute approximate surface area is 117 Å². The fourth-order valence-corrected chi connectivity index (χ4v) is 1.58. The zero-order valence-corrected chi connectivity index (χ0v) is 11.6. The van der Waals surface area contributed by atoms with Crippen LogP contribution in [-0.4, -0.2) is 22.8 Å². The number of nitrogens with one attached hydrogen (secondary N) is 2. The Hall–Kier alpha value is -2.37. The largest absolute Gasteiger partial charge is 0.425 e. The topological polar surface area (TPSA) is 80.0 Å². The van der Waals surface area contributed by atoms with Crippen molar-refractivity contribution >= 4 is 11.7 Å². The van der Waals surface area contributed by atoms with Gasteiger partial charge in [-0.05, 0) is 12.1 Å². The molecule has 1 heterocycles. The zero-order valence-electron chi connectivity index (χ0n) is 11.6. The maximum Gasteiger partial charge on any atom is 0.319 e. The molecule has 6 heteroatoms. The molecule has 0 aliphatic heterocycles. The maximum atomic E-state index is 11.6. The van der Waals surface area contributed by atoms with Crippen LogP contribution in [0.3, 0.4) is 0 Å². The smallest absolute Gasteiger partial charge is 0.319 e. The number of amides is 2. The van der Waals surface area contributed by atoms with Gasteiger partial charge in [0.15, 0.2) is 0 Å². The van der Waals surface area contributed by atoms with E-state index in [1.807, 2.05) is 44.2 Å². The highest BCUT2D eigenvalue weighted by atomic mass is 16.4. The van der Waals surface area contributed by atoms with Gasteiger partial charge in [0, 0.05) is 24.6 Å². The Kier molecular flexibility index (Phi) is 4.70. The highest BCUT2D eigenvalue weighted by molar-refractivity contribution is 5.89. The van der Waals surface area contributed by atoms with Crippen molar-refractivity contribution in [3.8, 4) is 0 Å². The summed E-state index contributed by atoms with van der Waals surface area (Å²) in [5, 5.41) is 13.3. The van der Waals surface area contributed by atoms with Crippen LogP contribution >= 0.6 is 0 Å². The molecule has 6 nitrogen and oxygen atoms in total. The van der Waals surface area contributed by atoms with Gasteiger partial charge in [-0.25, -0.2) is 4.79 Å². The van der Waals surface area contributed by atoms with Crippen LogP contribution < -0.4 is 10.6 Å². The van der Waals surface area contributed by atoms with Gasteiger partial charge in [-0.1, -0.05) is 32.0 Å². The Morgan fingerprint density at radius 3 is 2.65 bits per heavy atom. The van der Waals surface area contributed by atoms with Gasteiger partial charge in [0.1, 0.15) is 0 Å². The molecular formula is C14H18N4O2. The van der Waals surface area contributed by atoms with E-state index in [1.165, 1.54) is 0 Å². The molecule has 2 rings (SSSR count). The van der Waals surface area contributed by atoms with E-state index in [1.54, 1.807) is 0 Å². The number of urea groups is 1. The fraction of sp³-hybridized carbons (Fsp3) is 0.357. The van der Waals surface area contributed by atoms with Crippen LogP contribution in [0, 0.1) is 0 Å². The Bertz CT molecular complexity index is 551. The van der Waals surface area contributed by atoms with Crippen LogP contribution in [0.1, 0.15) is 31.5 Å². The van der Waals surface area contributed by atoms with Gasteiger partial charge < -0.3 is 15.1 Å². The van der Waals surface area contributed by atoms with Crippen molar-refractivity contribution in [2.75, 3.05) is 11.9 Å². The van der Waals surface area contributed by atoms with E-state index in [-0.39, 0.29) is 11.9 Å². The molecule has 0 atom stereocenters. The third-order valence-electron chi connectivity index (χ3n) is 2.63. The lowest BCUT2D eigenvalue weighted by atomic mass is 10.2. The third kappa shape index (κ3) is 4.08. The van der Waals surface area contributed by atoms with Gasteiger partial charge in [0.2, 0.25) is 11.8 Å².